The lowest BCUT2D eigenvalue weighted by Crippen LogP contribution is -2.14. The molecule has 0 amide bonds. The van der Waals surface area contributed by atoms with Crippen molar-refractivity contribution in [2.75, 3.05) is 0 Å². The van der Waals surface area contributed by atoms with Crippen molar-refractivity contribution < 1.29 is 9.90 Å². The number of aliphatic carboxylic acids is 1. The van der Waals surface area contributed by atoms with Crippen LogP contribution in [-0.2, 0) is 4.79 Å². The molecule has 0 aromatic rings. The van der Waals surface area contributed by atoms with Gasteiger partial charge in [0.15, 0.2) is 0 Å². The average molecular weight is 236 g/mol. The van der Waals surface area contributed by atoms with E-state index in [0.29, 0.717) is 18.3 Å². The molecule has 0 saturated heterocycles. The van der Waals surface area contributed by atoms with Crippen LogP contribution in [0.15, 0.2) is 30.5 Å². The normalized spacial score (nSPS) is 13.9. The van der Waals surface area contributed by atoms with E-state index in [1.165, 1.54) is 11.6 Å². The first-order valence-electron chi connectivity index (χ1n) is 6.13. The SMILES string of the molecule is C=C=C(CC(C)C)CC(C)CC(C=C)C(=O)O. The molecule has 0 rings (SSSR count). The summed E-state index contributed by atoms with van der Waals surface area (Å²) in [6.45, 7) is 13.7. The molecule has 17 heavy (non-hydrogen) atoms. The van der Waals surface area contributed by atoms with Crippen molar-refractivity contribution in [2.24, 2.45) is 17.8 Å². The van der Waals surface area contributed by atoms with E-state index < -0.39 is 11.9 Å². The maximum Gasteiger partial charge on any atom is 0.310 e. The lowest BCUT2D eigenvalue weighted by atomic mass is 9.88. The molecular formula is C15H24O2. The van der Waals surface area contributed by atoms with Crippen LogP contribution >= 0.6 is 0 Å². The Morgan fingerprint density at radius 3 is 2.29 bits per heavy atom. The molecule has 2 atom stereocenters. The lowest BCUT2D eigenvalue weighted by Gasteiger charge is -2.16. The van der Waals surface area contributed by atoms with Crippen LogP contribution in [-0.4, -0.2) is 11.1 Å². The molecule has 1 N–H and O–H groups in total. The van der Waals surface area contributed by atoms with Crippen molar-refractivity contribution in [3.05, 3.63) is 30.5 Å². The molecule has 0 aliphatic carbocycles. The molecule has 0 fully saturated rings. The van der Waals surface area contributed by atoms with Gasteiger partial charge in [0.2, 0.25) is 0 Å². The molecule has 0 radical (unpaired) electrons. The highest BCUT2D eigenvalue weighted by molar-refractivity contribution is 5.71. The van der Waals surface area contributed by atoms with Crippen molar-refractivity contribution in [3.8, 4) is 0 Å². The molecule has 0 saturated carbocycles. The van der Waals surface area contributed by atoms with E-state index in [4.69, 9.17) is 5.11 Å². The van der Waals surface area contributed by atoms with Crippen molar-refractivity contribution >= 4 is 5.97 Å². The molecule has 0 spiro atoms. The highest BCUT2D eigenvalue weighted by Gasteiger charge is 2.17. The minimum atomic E-state index is -0.792. The Bertz CT molecular complexity index is 309. The smallest absolute Gasteiger partial charge is 0.310 e. The number of hydrogen-bond acceptors (Lipinski definition) is 1. The summed E-state index contributed by atoms with van der Waals surface area (Å²) in [6.07, 6.45) is 4.00. The van der Waals surface area contributed by atoms with Crippen LogP contribution in [0.4, 0.5) is 0 Å². The van der Waals surface area contributed by atoms with E-state index in [1.807, 2.05) is 0 Å². The number of allylic oxidation sites excluding steroid dienone is 1. The van der Waals surface area contributed by atoms with Gasteiger partial charge in [-0.1, -0.05) is 33.4 Å². The van der Waals surface area contributed by atoms with Gasteiger partial charge in [-0.25, -0.2) is 0 Å². The van der Waals surface area contributed by atoms with Crippen molar-refractivity contribution in [3.63, 3.8) is 0 Å². The highest BCUT2D eigenvalue weighted by Crippen LogP contribution is 2.23. The molecule has 0 aliphatic heterocycles. The molecule has 2 unspecified atom stereocenters. The Balaban J connectivity index is 4.33. The Kier molecular flexibility index (Phi) is 7.32. The molecule has 0 aliphatic rings. The third kappa shape index (κ3) is 6.80. The van der Waals surface area contributed by atoms with Crippen LogP contribution in [0, 0.1) is 17.8 Å². The van der Waals surface area contributed by atoms with Crippen LogP contribution in [0.5, 0.6) is 0 Å². The third-order valence-electron chi connectivity index (χ3n) is 2.76. The van der Waals surface area contributed by atoms with Crippen molar-refractivity contribution in [1.29, 1.82) is 0 Å². The van der Waals surface area contributed by atoms with Gasteiger partial charge in [0, 0.05) is 0 Å². The highest BCUT2D eigenvalue weighted by atomic mass is 16.4. The predicted molar refractivity (Wildman–Crippen MR) is 71.8 cm³/mol. The number of carbonyl (C=O) groups is 1. The second-order valence-corrected chi connectivity index (χ2v) is 5.10. The fourth-order valence-electron chi connectivity index (χ4n) is 1.96. The third-order valence-corrected chi connectivity index (χ3v) is 2.76. The maximum atomic E-state index is 10.9. The Morgan fingerprint density at radius 1 is 1.35 bits per heavy atom. The first-order chi connectivity index (χ1) is 7.90. The van der Waals surface area contributed by atoms with Crippen molar-refractivity contribution in [2.45, 2.75) is 40.0 Å². The second-order valence-electron chi connectivity index (χ2n) is 5.10. The molecule has 0 bridgehead atoms. The van der Waals surface area contributed by atoms with E-state index in [2.05, 4.69) is 39.7 Å². The number of carboxylic acid groups (broad SMARTS) is 1. The predicted octanol–water partition coefficient (Wildman–Crippen LogP) is 4.05. The van der Waals surface area contributed by atoms with Gasteiger partial charge >= 0.3 is 5.97 Å². The van der Waals surface area contributed by atoms with Gasteiger partial charge < -0.3 is 5.11 Å². The number of hydrogen-bond donors (Lipinski definition) is 1. The first kappa shape index (κ1) is 15.7. The summed E-state index contributed by atoms with van der Waals surface area (Å²) >= 11 is 0. The monoisotopic (exact) mass is 236 g/mol. The summed E-state index contributed by atoms with van der Waals surface area (Å²) < 4.78 is 0. The minimum absolute atomic E-state index is 0.317. The average Bonchev–Trinajstić information content (AvgIpc) is 2.23. The van der Waals surface area contributed by atoms with E-state index in [1.54, 1.807) is 0 Å². The Hall–Kier alpha value is -1.27. The molecular weight excluding hydrogens is 212 g/mol. The summed E-state index contributed by atoms with van der Waals surface area (Å²) in [5, 5.41) is 8.95. The molecule has 96 valence electrons. The van der Waals surface area contributed by atoms with Gasteiger partial charge in [-0.15, -0.1) is 12.3 Å². The Labute approximate surface area is 105 Å². The Morgan fingerprint density at radius 2 is 1.94 bits per heavy atom. The van der Waals surface area contributed by atoms with Gasteiger partial charge in [0.1, 0.15) is 0 Å². The number of rotatable bonds is 8. The summed E-state index contributed by atoms with van der Waals surface area (Å²) in [5.41, 5.74) is 4.17. The summed E-state index contributed by atoms with van der Waals surface area (Å²) in [5.74, 6) is -0.340. The molecule has 0 heterocycles. The van der Waals surface area contributed by atoms with E-state index >= 15 is 0 Å². The van der Waals surface area contributed by atoms with Gasteiger partial charge in [-0.3, -0.25) is 4.79 Å². The van der Waals surface area contributed by atoms with E-state index in [-0.39, 0.29) is 0 Å². The van der Waals surface area contributed by atoms with Crippen LogP contribution in [0.3, 0.4) is 0 Å². The quantitative estimate of drug-likeness (QED) is 0.510. The van der Waals surface area contributed by atoms with E-state index in [9.17, 15) is 4.79 Å². The standard InChI is InChI=1S/C15H24O2/c1-6-13(8-11(3)4)9-12(5)10-14(7-2)15(16)17/h7,11-12,14H,1-2,8-10H2,3-5H3,(H,16,17). The number of carboxylic acids is 1. The van der Waals surface area contributed by atoms with Gasteiger partial charge in [-0.05, 0) is 36.7 Å². The fourth-order valence-corrected chi connectivity index (χ4v) is 1.96. The van der Waals surface area contributed by atoms with Gasteiger partial charge in [0.25, 0.3) is 0 Å². The fraction of sp³-hybridized carbons (Fsp3) is 0.600. The maximum absolute atomic E-state index is 10.9. The van der Waals surface area contributed by atoms with Crippen LogP contribution in [0.2, 0.25) is 0 Å². The lowest BCUT2D eigenvalue weighted by molar-refractivity contribution is -0.140. The molecule has 0 aromatic heterocycles. The molecule has 2 nitrogen and oxygen atoms in total. The minimum Gasteiger partial charge on any atom is -0.481 e. The molecule has 2 heteroatoms. The van der Waals surface area contributed by atoms with Crippen LogP contribution < -0.4 is 0 Å². The zero-order chi connectivity index (χ0) is 13.4. The largest absolute Gasteiger partial charge is 0.481 e. The zero-order valence-electron chi connectivity index (χ0n) is 11.2. The summed E-state index contributed by atoms with van der Waals surface area (Å²) in [6, 6.07) is 0. The van der Waals surface area contributed by atoms with Gasteiger partial charge in [-0.2, -0.15) is 0 Å². The topological polar surface area (TPSA) is 37.3 Å². The summed E-state index contributed by atoms with van der Waals surface area (Å²) in [7, 11) is 0. The first-order valence-corrected chi connectivity index (χ1v) is 6.13. The van der Waals surface area contributed by atoms with E-state index in [0.717, 1.165) is 12.8 Å². The van der Waals surface area contributed by atoms with Crippen LogP contribution in [0.25, 0.3) is 0 Å². The van der Waals surface area contributed by atoms with Crippen LogP contribution in [0.1, 0.15) is 40.0 Å². The molecule has 0 aromatic carbocycles. The van der Waals surface area contributed by atoms with Crippen molar-refractivity contribution in [1.82, 2.24) is 0 Å². The van der Waals surface area contributed by atoms with Gasteiger partial charge in [0.05, 0.1) is 5.92 Å². The zero-order valence-corrected chi connectivity index (χ0v) is 11.2. The summed E-state index contributed by atoms with van der Waals surface area (Å²) in [4.78, 5) is 10.9. The second kappa shape index (κ2) is 7.92.